The van der Waals surface area contributed by atoms with Crippen LogP contribution < -0.4 is 12.4 Å². The monoisotopic (exact) mass is 167 g/mol. The van der Waals surface area contributed by atoms with Crippen molar-refractivity contribution in [2.45, 2.75) is 5.25 Å². The normalized spacial score (nSPS) is 25.0. The van der Waals surface area contributed by atoms with Gasteiger partial charge in [-0.3, -0.25) is 0 Å². The van der Waals surface area contributed by atoms with Crippen molar-refractivity contribution >= 4 is 11.8 Å². The summed E-state index contributed by atoms with van der Waals surface area (Å²) in [6.07, 6.45) is 0. The summed E-state index contributed by atoms with van der Waals surface area (Å²) in [5, 5.41) is 0.981. The smallest absolute Gasteiger partial charge is 0.0909 e. The van der Waals surface area contributed by atoms with E-state index >= 15 is 0 Å². The van der Waals surface area contributed by atoms with Crippen LogP contribution in [0.15, 0.2) is 0 Å². The van der Waals surface area contributed by atoms with E-state index in [-0.39, 0.29) is 12.4 Å². The third-order valence-electron chi connectivity index (χ3n) is 1.15. The van der Waals surface area contributed by atoms with Crippen molar-refractivity contribution in [2.75, 3.05) is 33.4 Å². The summed E-state index contributed by atoms with van der Waals surface area (Å²) in [6.45, 7) is 1.34. The van der Waals surface area contributed by atoms with Crippen LogP contribution in [0.1, 0.15) is 0 Å². The average molecular weight is 168 g/mol. The molecule has 56 valence electrons. The largest absolute Gasteiger partial charge is 1.00 e. The Morgan fingerprint density at radius 2 is 1.89 bits per heavy atom. The maximum atomic E-state index is 2.25. The Balaban J connectivity index is 0.000000640. The van der Waals surface area contributed by atoms with Crippen molar-refractivity contribution in [2.24, 2.45) is 0 Å². The molecule has 1 aliphatic heterocycles. The van der Waals surface area contributed by atoms with E-state index in [1.54, 1.807) is 0 Å². The Hall–Kier alpha value is 0.600. The third-order valence-corrected chi connectivity index (χ3v) is 2.11. The standard InChI is InChI=1S/C6H14NS.ClH/c1-7(2,3)4-6-5-8-6;/h6H,4-5H2,1-3H3;1H/q+1;/p-1. The second-order valence-corrected chi connectivity index (χ2v) is 4.76. The maximum absolute atomic E-state index is 2.25. The highest BCUT2D eigenvalue weighted by Gasteiger charge is 2.28. The van der Waals surface area contributed by atoms with Crippen LogP contribution in [0.25, 0.3) is 0 Å². The first-order chi connectivity index (χ1) is 3.58. The lowest BCUT2D eigenvalue weighted by Gasteiger charge is -2.22. The molecule has 0 aliphatic carbocycles. The van der Waals surface area contributed by atoms with Crippen LogP contribution in [0.3, 0.4) is 0 Å². The molecule has 1 heterocycles. The van der Waals surface area contributed by atoms with Gasteiger partial charge in [0, 0.05) is 5.75 Å². The van der Waals surface area contributed by atoms with Gasteiger partial charge in [0.2, 0.25) is 0 Å². The zero-order valence-electron chi connectivity index (χ0n) is 6.22. The van der Waals surface area contributed by atoms with Gasteiger partial charge in [-0.15, -0.1) is 0 Å². The number of rotatable bonds is 2. The SMILES string of the molecule is C[N+](C)(C)CC1CS1.[Cl-]. The molecular formula is C6H14ClNS. The van der Waals surface area contributed by atoms with Gasteiger partial charge in [-0.05, 0) is 0 Å². The lowest BCUT2D eigenvalue weighted by atomic mass is 10.4. The topological polar surface area (TPSA) is 0 Å². The van der Waals surface area contributed by atoms with Crippen LogP contribution in [-0.2, 0) is 0 Å². The molecule has 1 rings (SSSR count). The molecule has 1 saturated heterocycles. The minimum absolute atomic E-state index is 0. The van der Waals surface area contributed by atoms with Gasteiger partial charge in [-0.2, -0.15) is 11.8 Å². The number of nitrogens with zero attached hydrogens (tertiary/aromatic N) is 1. The Morgan fingerprint density at radius 1 is 1.44 bits per heavy atom. The fourth-order valence-electron chi connectivity index (χ4n) is 0.784. The number of hydrogen-bond acceptors (Lipinski definition) is 1. The zero-order chi connectivity index (χ0) is 6.20. The molecule has 0 bridgehead atoms. The first-order valence-electron chi connectivity index (χ1n) is 3.00. The number of quaternary nitrogens is 1. The highest BCUT2D eigenvalue weighted by Crippen LogP contribution is 2.31. The van der Waals surface area contributed by atoms with E-state index in [1.165, 1.54) is 12.3 Å². The molecule has 1 aliphatic rings. The quantitative estimate of drug-likeness (QED) is 0.333. The third kappa shape index (κ3) is 5.07. The lowest BCUT2D eigenvalue weighted by Crippen LogP contribution is -3.00. The van der Waals surface area contributed by atoms with Crippen molar-refractivity contribution in [1.82, 2.24) is 0 Å². The van der Waals surface area contributed by atoms with E-state index in [9.17, 15) is 0 Å². The molecular weight excluding hydrogens is 154 g/mol. The number of thioether (sulfide) groups is 1. The number of hydrogen-bond donors (Lipinski definition) is 0. The summed E-state index contributed by atoms with van der Waals surface area (Å²) in [7, 11) is 6.75. The van der Waals surface area contributed by atoms with Crippen LogP contribution in [-0.4, -0.2) is 43.2 Å². The molecule has 0 spiro atoms. The summed E-state index contributed by atoms with van der Waals surface area (Å²) >= 11 is 2.08. The molecule has 1 unspecified atom stereocenters. The second-order valence-electron chi connectivity index (χ2n) is 3.43. The Kier molecular flexibility index (Phi) is 3.34. The van der Waals surface area contributed by atoms with E-state index in [2.05, 4.69) is 32.9 Å². The molecule has 1 nitrogen and oxygen atoms in total. The van der Waals surface area contributed by atoms with Crippen molar-refractivity contribution in [3.05, 3.63) is 0 Å². The van der Waals surface area contributed by atoms with Crippen molar-refractivity contribution in [1.29, 1.82) is 0 Å². The summed E-state index contributed by atoms with van der Waals surface area (Å²) in [4.78, 5) is 0. The second kappa shape index (κ2) is 3.13. The molecule has 3 heteroatoms. The van der Waals surface area contributed by atoms with Crippen LogP contribution in [0.5, 0.6) is 0 Å². The Morgan fingerprint density at radius 3 is 2.00 bits per heavy atom. The molecule has 1 fully saturated rings. The van der Waals surface area contributed by atoms with Crippen molar-refractivity contribution in [3.8, 4) is 0 Å². The highest BCUT2D eigenvalue weighted by atomic mass is 35.5. The zero-order valence-corrected chi connectivity index (χ0v) is 7.80. The van der Waals surface area contributed by atoms with Crippen LogP contribution in [0.2, 0.25) is 0 Å². The minimum atomic E-state index is 0. The fraction of sp³-hybridized carbons (Fsp3) is 1.00. The van der Waals surface area contributed by atoms with Crippen LogP contribution in [0.4, 0.5) is 0 Å². The van der Waals surface area contributed by atoms with E-state index < -0.39 is 0 Å². The molecule has 0 radical (unpaired) electrons. The fourth-order valence-corrected chi connectivity index (χ4v) is 1.58. The maximum Gasteiger partial charge on any atom is 0.0909 e. The van der Waals surface area contributed by atoms with Crippen LogP contribution in [0, 0.1) is 0 Å². The van der Waals surface area contributed by atoms with Gasteiger partial charge >= 0.3 is 0 Å². The van der Waals surface area contributed by atoms with Gasteiger partial charge in [0.15, 0.2) is 0 Å². The molecule has 9 heavy (non-hydrogen) atoms. The molecule has 0 aromatic heterocycles. The first-order valence-corrected chi connectivity index (χ1v) is 4.05. The molecule has 0 N–H and O–H groups in total. The van der Waals surface area contributed by atoms with E-state index in [4.69, 9.17) is 0 Å². The van der Waals surface area contributed by atoms with Crippen molar-refractivity contribution in [3.63, 3.8) is 0 Å². The van der Waals surface area contributed by atoms with Gasteiger partial charge in [0.1, 0.15) is 0 Å². The van der Waals surface area contributed by atoms with Gasteiger partial charge < -0.3 is 16.9 Å². The van der Waals surface area contributed by atoms with Gasteiger partial charge in [0.25, 0.3) is 0 Å². The molecule has 0 aromatic carbocycles. The lowest BCUT2D eigenvalue weighted by molar-refractivity contribution is -0.869. The van der Waals surface area contributed by atoms with Gasteiger partial charge in [-0.1, -0.05) is 0 Å². The summed E-state index contributed by atoms with van der Waals surface area (Å²) in [5.41, 5.74) is 0. The number of halogens is 1. The Labute approximate surface area is 67.8 Å². The van der Waals surface area contributed by atoms with Crippen molar-refractivity contribution < 1.29 is 16.9 Å². The van der Waals surface area contributed by atoms with Gasteiger partial charge in [0.05, 0.1) is 32.9 Å². The van der Waals surface area contributed by atoms with Gasteiger partial charge in [-0.25, -0.2) is 0 Å². The van der Waals surface area contributed by atoms with E-state index in [0.717, 1.165) is 9.73 Å². The summed E-state index contributed by atoms with van der Waals surface area (Å²) in [6, 6.07) is 0. The molecule has 0 amide bonds. The predicted molar refractivity (Wildman–Crippen MR) is 39.1 cm³/mol. The molecule has 0 aromatic rings. The van der Waals surface area contributed by atoms with E-state index in [1.807, 2.05) is 0 Å². The molecule has 1 atom stereocenters. The van der Waals surface area contributed by atoms with Crippen LogP contribution >= 0.6 is 11.8 Å². The molecule has 0 saturated carbocycles. The first kappa shape index (κ1) is 9.60. The minimum Gasteiger partial charge on any atom is -1.00 e. The summed E-state index contributed by atoms with van der Waals surface area (Å²) in [5.74, 6) is 1.40. The predicted octanol–water partition coefficient (Wildman–Crippen LogP) is -2.19. The highest BCUT2D eigenvalue weighted by molar-refractivity contribution is 8.06. The Bertz CT molecular complexity index is 85.5. The average Bonchev–Trinajstić information content (AvgIpc) is 2.12. The van der Waals surface area contributed by atoms with E-state index in [0.29, 0.717) is 0 Å². The summed E-state index contributed by atoms with van der Waals surface area (Å²) < 4.78 is 1.12.